The number of hydrogen-bond donors (Lipinski definition) is 2. The summed E-state index contributed by atoms with van der Waals surface area (Å²) in [5.41, 5.74) is 0. The minimum absolute atomic E-state index is 0.485. The predicted molar refractivity (Wildman–Crippen MR) is 137 cm³/mol. The Kier molecular flexibility index (Phi) is 21.9. The van der Waals surface area contributed by atoms with Crippen LogP contribution in [0.4, 0.5) is 0 Å². The molecule has 4 atom stereocenters. The van der Waals surface area contributed by atoms with Crippen LogP contribution in [0.25, 0.3) is 0 Å². The largest absolute Gasteiger partial charge is 0.378 e. The smallest absolute Gasteiger partial charge is 0.0700 e. The van der Waals surface area contributed by atoms with Gasteiger partial charge in [0.05, 0.1) is 26.4 Å². The molecule has 158 valence electrons. The third-order valence-electron chi connectivity index (χ3n) is 3.07. The Labute approximate surface area is 190 Å². The molecule has 0 spiro atoms. The number of hydrogen-bond acceptors (Lipinski definition) is 8. The minimum Gasteiger partial charge on any atom is -0.378 e. The fourth-order valence-electron chi connectivity index (χ4n) is 1.76. The van der Waals surface area contributed by atoms with Gasteiger partial charge in [0.15, 0.2) is 0 Å². The highest BCUT2D eigenvalue weighted by atomic mass is 32.2. The zero-order valence-electron chi connectivity index (χ0n) is 16.7. The summed E-state index contributed by atoms with van der Waals surface area (Å²) < 4.78 is 11.3. The maximum atomic E-state index is 5.63. The van der Waals surface area contributed by atoms with Gasteiger partial charge in [-0.2, -0.15) is 72.3 Å². The van der Waals surface area contributed by atoms with Crippen LogP contribution in [0.1, 0.15) is 27.7 Å². The normalized spacial score (nSPS) is 16.4. The number of ether oxygens (including phenoxy) is 2. The third kappa shape index (κ3) is 22.3. The van der Waals surface area contributed by atoms with E-state index in [0.29, 0.717) is 34.2 Å². The van der Waals surface area contributed by atoms with Crippen molar-refractivity contribution in [3.05, 3.63) is 0 Å². The Morgan fingerprint density at radius 2 is 1.00 bits per heavy atom. The van der Waals surface area contributed by atoms with Crippen LogP contribution in [0, 0.1) is 0 Å². The van der Waals surface area contributed by atoms with Gasteiger partial charge in [0.1, 0.15) is 0 Å². The van der Waals surface area contributed by atoms with Crippen LogP contribution in [-0.2, 0) is 9.47 Å². The highest BCUT2D eigenvalue weighted by Crippen LogP contribution is 2.19. The zero-order valence-corrected chi connectivity index (χ0v) is 21.8. The molecule has 0 fully saturated rings. The first-order chi connectivity index (χ1) is 12.4. The first-order valence-corrected chi connectivity index (χ1v) is 14.8. The van der Waals surface area contributed by atoms with Crippen molar-refractivity contribution < 1.29 is 9.47 Å². The molecule has 0 bridgehead atoms. The molecular weight excluding hydrogens is 441 g/mol. The Morgan fingerprint density at radius 1 is 0.615 bits per heavy atom. The maximum absolute atomic E-state index is 5.63. The van der Waals surface area contributed by atoms with Gasteiger partial charge in [0.25, 0.3) is 0 Å². The molecule has 0 saturated heterocycles. The SMILES string of the molecule is CC(S)CSC(C)CSCCOCCOCCSCC(C)SCC(C)S. The van der Waals surface area contributed by atoms with E-state index in [2.05, 4.69) is 53.0 Å². The molecule has 0 amide bonds. The lowest BCUT2D eigenvalue weighted by molar-refractivity contribution is 0.0605. The van der Waals surface area contributed by atoms with Crippen molar-refractivity contribution in [3.63, 3.8) is 0 Å². The second-order valence-corrected chi connectivity index (χ2v) is 13.4. The van der Waals surface area contributed by atoms with Crippen LogP contribution < -0.4 is 0 Å². The highest BCUT2D eigenvalue weighted by Gasteiger charge is 2.05. The van der Waals surface area contributed by atoms with Crippen molar-refractivity contribution in [2.45, 2.75) is 48.7 Å². The first kappa shape index (κ1) is 28.0. The van der Waals surface area contributed by atoms with Crippen molar-refractivity contribution in [1.29, 1.82) is 0 Å². The lowest BCUT2D eigenvalue weighted by atomic mass is 10.5. The van der Waals surface area contributed by atoms with Crippen LogP contribution in [0.3, 0.4) is 0 Å². The number of thioether (sulfide) groups is 4. The second-order valence-electron chi connectivity index (χ2n) is 6.36. The predicted octanol–water partition coefficient (Wildman–Crippen LogP) is 5.37. The molecule has 0 N–H and O–H groups in total. The molecule has 8 heteroatoms. The van der Waals surface area contributed by atoms with Gasteiger partial charge >= 0.3 is 0 Å². The summed E-state index contributed by atoms with van der Waals surface area (Å²) in [5, 5.41) is 2.35. The van der Waals surface area contributed by atoms with E-state index in [1.165, 1.54) is 11.5 Å². The molecule has 2 nitrogen and oxygen atoms in total. The quantitative estimate of drug-likeness (QED) is 0.191. The highest BCUT2D eigenvalue weighted by molar-refractivity contribution is 8.04. The molecule has 4 unspecified atom stereocenters. The lowest BCUT2D eigenvalue weighted by Gasteiger charge is -2.12. The van der Waals surface area contributed by atoms with E-state index in [-0.39, 0.29) is 0 Å². The molecule has 0 aromatic heterocycles. The fourth-order valence-corrected chi connectivity index (χ4v) is 6.31. The molecule has 0 aliphatic heterocycles. The third-order valence-corrected chi connectivity index (χ3v) is 9.58. The van der Waals surface area contributed by atoms with Crippen LogP contribution in [-0.4, -0.2) is 81.9 Å². The van der Waals surface area contributed by atoms with E-state index in [4.69, 9.17) is 9.47 Å². The van der Waals surface area contributed by atoms with Crippen LogP contribution >= 0.6 is 72.3 Å². The standard InChI is InChI=1S/C18H38O2S6/c1-15(21)11-25-17(3)13-23-9-7-19-5-6-20-8-10-24-14-18(4)26-12-16(2)22/h15-18,21-22H,5-14H2,1-4H3. The van der Waals surface area contributed by atoms with Gasteiger partial charge in [-0.3, -0.25) is 0 Å². The topological polar surface area (TPSA) is 18.5 Å². The van der Waals surface area contributed by atoms with E-state index in [1.807, 2.05) is 47.0 Å². The Morgan fingerprint density at radius 3 is 1.35 bits per heavy atom. The zero-order chi connectivity index (χ0) is 19.6. The van der Waals surface area contributed by atoms with E-state index in [9.17, 15) is 0 Å². The summed E-state index contributed by atoms with van der Waals surface area (Å²) >= 11 is 16.8. The minimum atomic E-state index is 0.485. The average Bonchev–Trinajstić information content (AvgIpc) is 2.59. The Bertz CT molecular complexity index is 267. The maximum Gasteiger partial charge on any atom is 0.0700 e. The van der Waals surface area contributed by atoms with Crippen molar-refractivity contribution >= 4 is 72.3 Å². The molecule has 0 aromatic carbocycles. The molecule has 0 aromatic rings. The molecule has 0 aliphatic carbocycles. The summed E-state index contributed by atoms with van der Waals surface area (Å²) in [6.07, 6.45) is 0. The summed E-state index contributed by atoms with van der Waals surface area (Å²) in [5.74, 6) is 6.76. The van der Waals surface area contributed by atoms with Crippen molar-refractivity contribution in [2.24, 2.45) is 0 Å². The van der Waals surface area contributed by atoms with Gasteiger partial charge in [-0.1, -0.05) is 27.7 Å². The van der Waals surface area contributed by atoms with Gasteiger partial charge in [-0.25, -0.2) is 0 Å². The van der Waals surface area contributed by atoms with Crippen molar-refractivity contribution in [1.82, 2.24) is 0 Å². The van der Waals surface area contributed by atoms with Gasteiger partial charge in [-0.15, -0.1) is 0 Å². The molecular formula is C18H38O2S6. The monoisotopic (exact) mass is 478 g/mol. The van der Waals surface area contributed by atoms with Gasteiger partial charge in [0, 0.05) is 55.5 Å². The Balaban J connectivity index is 3.20. The molecule has 0 saturated carbocycles. The van der Waals surface area contributed by atoms with E-state index < -0.39 is 0 Å². The van der Waals surface area contributed by atoms with E-state index in [1.54, 1.807) is 0 Å². The van der Waals surface area contributed by atoms with Crippen LogP contribution in [0.2, 0.25) is 0 Å². The molecule has 0 rings (SSSR count). The summed E-state index contributed by atoms with van der Waals surface area (Å²) in [6, 6.07) is 0. The summed E-state index contributed by atoms with van der Waals surface area (Å²) in [7, 11) is 0. The summed E-state index contributed by atoms with van der Waals surface area (Å²) in [4.78, 5) is 0. The molecule has 26 heavy (non-hydrogen) atoms. The molecule has 0 heterocycles. The fraction of sp³-hybridized carbons (Fsp3) is 1.00. The number of thiol groups is 2. The van der Waals surface area contributed by atoms with Gasteiger partial charge < -0.3 is 9.47 Å². The van der Waals surface area contributed by atoms with Gasteiger partial charge in [-0.05, 0) is 0 Å². The molecule has 0 aliphatic rings. The Hall–Kier alpha value is 2.02. The van der Waals surface area contributed by atoms with Crippen LogP contribution in [0.15, 0.2) is 0 Å². The van der Waals surface area contributed by atoms with Crippen molar-refractivity contribution in [2.75, 3.05) is 60.9 Å². The second kappa shape index (κ2) is 20.3. The lowest BCUT2D eigenvalue weighted by Crippen LogP contribution is -2.10. The van der Waals surface area contributed by atoms with Crippen molar-refractivity contribution in [3.8, 4) is 0 Å². The number of rotatable bonds is 19. The summed E-state index contributed by atoms with van der Waals surface area (Å²) in [6.45, 7) is 11.9. The average molecular weight is 479 g/mol. The van der Waals surface area contributed by atoms with Crippen LogP contribution in [0.5, 0.6) is 0 Å². The molecule has 0 radical (unpaired) electrons. The van der Waals surface area contributed by atoms with E-state index >= 15 is 0 Å². The van der Waals surface area contributed by atoms with E-state index in [0.717, 1.165) is 36.2 Å². The first-order valence-electron chi connectivity index (χ1n) is 9.32. The van der Waals surface area contributed by atoms with Gasteiger partial charge in [0.2, 0.25) is 0 Å².